The van der Waals surface area contributed by atoms with Gasteiger partial charge in [-0.15, -0.1) is 0 Å². The molecule has 2 N–H and O–H groups in total. The number of benzene rings is 1. The molecule has 15 heavy (non-hydrogen) atoms. The molecule has 82 valence electrons. The van der Waals surface area contributed by atoms with E-state index in [1.54, 1.807) is 6.07 Å². The number of aliphatic hydroxyl groups excluding tert-OH is 1. The Balaban J connectivity index is 2.67. The number of rotatable bonds is 5. The van der Waals surface area contributed by atoms with Crippen LogP contribution in [0.5, 0.6) is 0 Å². The second-order valence-corrected chi connectivity index (χ2v) is 3.35. The minimum Gasteiger partial charge on any atom is -0.392 e. The maximum Gasteiger partial charge on any atom is 0.124 e. The van der Waals surface area contributed by atoms with Gasteiger partial charge in [0.1, 0.15) is 5.82 Å². The maximum absolute atomic E-state index is 13.0. The van der Waals surface area contributed by atoms with Gasteiger partial charge >= 0.3 is 0 Å². The molecule has 1 aromatic carbocycles. The fourth-order valence-corrected chi connectivity index (χ4v) is 1.31. The van der Waals surface area contributed by atoms with E-state index in [4.69, 9.17) is 5.11 Å². The second-order valence-electron chi connectivity index (χ2n) is 3.35. The predicted molar refractivity (Wildman–Crippen MR) is 59.9 cm³/mol. The highest BCUT2D eigenvalue weighted by Crippen LogP contribution is 2.11. The van der Waals surface area contributed by atoms with Crippen LogP contribution in [0, 0.1) is 5.82 Å². The van der Waals surface area contributed by atoms with E-state index in [1.807, 2.05) is 19.2 Å². The third kappa shape index (κ3) is 4.23. The smallest absolute Gasteiger partial charge is 0.124 e. The van der Waals surface area contributed by atoms with E-state index in [0.29, 0.717) is 5.56 Å². The van der Waals surface area contributed by atoms with Crippen LogP contribution >= 0.6 is 0 Å². The van der Waals surface area contributed by atoms with E-state index < -0.39 is 0 Å². The molecule has 0 atom stereocenters. The first-order chi connectivity index (χ1) is 7.26. The van der Waals surface area contributed by atoms with E-state index in [2.05, 4.69) is 5.32 Å². The molecule has 1 aromatic rings. The van der Waals surface area contributed by atoms with Gasteiger partial charge in [0, 0.05) is 0 Å². The van der Waals surface area contributed by atoms with Gasteiger partial charge in [-0.1, -0.05) is 12.2 Å². The summed E-state index contributed by atoms with van der Waals surface area (Å²) in [7, 11) is 1.89. The molecular weight excluding hydrogens is 193 g/mol. The van der Waals surface area contributed by atoms with Crippen molar-refractivity contribution in [1.82, 2.24) is 5.32 Å². The summed E-state index contributed by atoms with van der Waals surface area (Å²) < 4.78 is 13.0. The highest BCUT2D eigenvalue weighted by atomic mass is 19.1. The van der Waals surface area contributed by atoms with Crippen LogP contribution in [0.3, 0.4) is 0 Å². The average Bonchev–Trinajstić information content (AvgIpc) is 2.23. The monoisotopic (exact) mass is 209 g/mol. The standard InChI is InChI=1S/C12H16FNO/c1-14-5-3-2-4-10-6-11(9-15)8-12(13)7-10/h2,4,6-8,14-15H,3,5,9H2,1H3. The summed E-state index contributed by atoms with van der Waals surface area (Å²) >= 11 is 0. The zero-order valence-corrected chi connectivity index (χ0v) is 8.83. The van der Waals surface area contributed by atoms with Crippen LogP contribution in [0.15, 0.2) is 24.3 Å². The normalized spacial score (nSPS) is 11.1. The van der Waals surface area contributed by atoms with Gasteiger partial charge in [0.2, 0.25) is 0 Å². The van der Waals surface area contributed by atoms with Crippen LogP contribution in [0.4, 0.5) is 4.39 Å². The molecule has 0 spiro atoms. The number of nitrogens with one attached hydrogen (secondary N) is 1. The zero-order chi connectivity index (χ0) is 11.1. The molecular formula is C12H16FNO. The molecule has 0 heterocycles. The van der Waals surface area contributed by atoms with Crippen LogP contribution in [0.1, 0.15) is 17.5 Å². The Bertz CT molecular complexity index is 336. The molecule has 0 unspecified atom stereocenters. The van der Waals surface area contributed by atoms with Crippen molar-refractivity contribution in [1.29, 1.82) is 0 Å². The Morgan fingerprint density at radius 2 is 2.20 bits per heavy atom. The van der Waals surface area contributed by atoms with E-state index in [-0.39, 0.29) is 12.4 Å². The van der Waals surface area contributed by atoms with Crippen molar-refractivity contribution in [3.63, 3.8) is 0 Å². The number of aliphatic hydroxyl groups is 1. The van der Waals surface area contributed by atoms with Crippen LogP contribution in [0.2, 0.25) is 0 Å². The Morgan fingerprint density at radius 3 is 2.87 bits per heavy atom. The predicted octanol–water partition coefficient (Wildman–Crippen LogP) is 1.94. The minimum absolute atomic E-state index is 0.130. The van der Waals surface area contributed by atoms with Crippen LogP contribution in [-0.4, -0.2) is 18.7 Å². The van der Waals surface area contributed by atoms with Gasteiger partial charge in [-0.05, 0) is 49.3 Å². The molecule has 3 heteroatoms. The Kier molecular flexibility index (Phi) is 5.01. The van der Waals surface area contributed by atoms with E-state index >= 15 is 0 Å². The van der Waals surface area contributed by atoms with Crippen LogP contribution in [0.25, 0.3) is 6.08 Å². The number of halogens is 1. The highest BCUT2D eigenvalue weighted by Gasteiger charge is 1.97. The summed E-state index contributed by atoms with van der Waals surface area (Å²) in [5.41, 5.74) is 1.39. The van der Waals surface area contributed by atoms with Crippen molar-refractivity contribution in [2.45, 2.75) is 13.0 Å². The van der Waals surface area contributed by atoms with Crippen molar-refractivity contribution in [3.8, 4) is 0 Å². The molecule has 0 bridgehead atoms. The van der Waals surface area contributed by atoms with Crippen LogP contribution in [-0.2, 0) is 6.61 Å². The largest absolute Gasteiger partial charge is 0.392 e. The summed E-state index contributed by atoms with van der Waals surface area (Å²) in [6, 6.07) is 4.57. The zero-order valence-electron chi connectivity index (χ0n) is 8.83. The molecule has 0 aliphatic rings. The van der Waals surface area contributed by atoms with Gasteiger partial charge in [-0.3, -0.25) is 0 Å². The molecule has 0 saturated carbocycles. The quantitative estimate of drug-likeness (QED) is 0.726. The van der Waals surface area contributed by atoms with Gasteiger partial charge in [0.05, 0.1) is 6.61 Å². The molecule has 2 nitrogen and oxygen atoms in total. The first-order valence-electron chi connectivity index (χ1n) is 4.97. The lowest BCUT2D eigenvalue weighted by Gasteiger charge is -1.99. The topological polar surface area (TPSA) is 32.3 Å². The fourth-order valence-electron chi connectivity index (χ4n) is 1.31. The van der Waals surface area contributed by atoms with Crippen molar-refractivity contribution >= 4 is 6.08 Å². The van der Waals surface area contributed by atoms with Crippen LogP contribution < -0.4 is 5.32 Å². The average molecular weight is 209 g/mol. The summed E-state index contributed by atoms with van der Waals surface area (Å²) in [5, 5.41) is 11.9. The summed E-state index contributed by atoms with van der Waals surface area (Å²) in [5.74, 6) is -0.310. The van der Waals surface area contributed by atoms with Crippen molar-refractivity contribution < 1.29 is 9.50 Å². The number of hydrogen-bond acceptors (Lipinski definition) is 2. The van der Waals surface area contributed by atoms with E-state index in [1.165, 1.54) is 12.1 Å². The Hall–Kier alpha value is -1.19. The molecule has 0 amide bonds. The van der Waals surface area contributed by atoms with Crippen molar-refractivity contribution in [2.75, 3.05) is 13.6 Å². The van der Waals surface area contributed by atoms with E-state index in [9.17, 15) is 4.39 Å². The van der Waals surface area contributed by atoms with Crippen molar-refractivity contribution in [3.05, 3.63) is 41.2 Å². The Morgan fingerprint density at radius 1 is 1.40 bits per heavy atom. The first-order valence-corrected chi connectivity index (χ1v) is 4.97. The van der Waals surface area contributed by atoms with Gasteiger partial charge in [0.15, 0.2) is 0 Å². The lowest BCUT2D eigenvalue weighted by Crippen LogP contribution is -2.05. The summed E-state index contributed by atoms with van der Waals surface area (Å²) in [4.78, 5) is 0. The third-order valence-corrected chi connectivity index (χ3v) is 2.03. The maximum atomic E-state index is 13.0. The molecule has 0 radical (unpaired) electrons. The summed E-state index contributed by atoms with van der Waals surface area (Å²) in [6.45, 7) is 0.772. The third-order valence-electron chi connectivity index (χ3n) is 2.03. The summed E-state index contributed by atoms with van der Waals surface area (Å²) in [6.07, 6.45) is 4.74. The minimum atomic E-state index is -0.310. The Labute approximate surface area is 89.4 Å². The molecule has 0 aliphatic carbocycles. The van der Waals surface area contributed by atoms with Gasteiger partial charge in [0.25, 0.3) is 0 Å². The molecule has 0 aromatic heterocycles. The molecule has 1 rings (SSSR count). The van der Waals surface area contributed by atoms with Gasteiger partial charge in [-0.25, -0.2) is 4.39 Å². The van der Waals surface area contributed by atoms with E-state index in [0.717, 1.165) is 18.5 Å². The second kappa shape index (κ2) is 6.32. The molecule has 0 aliphatic heterocycles. The number of hydrogen-bond donors (Lipinski definition) is 2. The highest BCUT2D eigenvalue weighted by molar-refractivity contribution is 5.50. The SMILES string of the molecule is CNCCC=Cc1cc(F)cc(CO)c1. The molecule has 0 fully saturated rings. The lowest BCUT2D eigenvalue weighted by atomic mass is 10.1. The lowest BCUT2D eigenvalue weighted by molar-refractivity contribution is 0.281. The van der Waals surface area contributed by atoms with Gasteiger partial charge < -0.3 is 10.4 Å². The fraction of sp³-hybridized carbons (Fsp3) is 0.333. The van der Waals surface area contributed by atoms with Gasteiger partial charge in [-0.2, -0.15) is 0 Å². The van der Waals surface area contributed by atoms with Crippen molar-refractivity contribution in [2.24, 2.45) is 0 Å². The first kappa shape index (κ1) is 11.9. The molecule has 0 saturated heterocycles.